The quantitative estimate of drug-likeness (QED) is 0.763. The van der Waals surface area contributed by atoms with Gasteiger partial charge in [0.05, 0.1) is 17.3 Å². The lowest BCUT2D eigenvalue weighted by atomic mass is 10.0. The van der Waals surface area contributed by atoms with E-state index in [1.807, 2.05) is 37.3 Å². The second kappa shape index (κ2) is 4.68. The number of benzene rings is 1. The Kier molecular flexibility index (Phi) is 3.00. The molecule has 1 aromatic heterocycles. The van der Waals surface area contributed by atoms with Crippen LogP contribution in [0.15, 0.2) is 35.1 Å². The van der Waals surface area contributed by atoms with E-state index in [2.05, 4.69) is 22.9 Å². The van der Waals surface area contributed by atoms with Gasteiger partial charge in [-0.25, -0.2) is 10.1 Å². The fourth-order valence-electron chi connectivity index (χ4n) is 2.63. The number of nitrogens with one attached hydrogen (secondary N) is 3. The van der Waals surface area contributed by atoms with Crippen LogP contribution in [0.3, 0.4) is 0 Å². The summed E-state index contributed by atoms with van der Waals surface area (Å²) in [4.78, 5) is 12.5. The first kappa shape index (κ1) is 12.2. The van der Waals surface area contributed by atoms with Gasteiger partial charge in [0.25, 0.3) is 5.56 Å². The van der Waals surface area contributed by atoms with Crippen molar-refractivity contribution in [3.05, 3.63) is 51.9 Å². The Morgan fingerprint density at radius 3 is 2.58 bits per heavy atom. The van der Waals surface area contributed by atoms with Gasteiger partial charge in [0.15, 0.2) is 0 Å². The summed E-state index contributed by atoms with van der Waals surface area (Å²) in [6.45, 7) is 4.05. The third-order valence-electron chi connectivity index (χ3n) is 3.57. The lowest BCUT2D eigenvalue weighted by molar-refractivity contribution is 0.557. The molecule has 0 saturated carbocycles. The van der Waals surface area contributed by atoms with Gasteiger partial charge in [-0.3, -0.25) is 15.3 Å². The van der Waals surface area contributed by atoms with Crippen molar-refractivity contribution in [3.8, 4) is 5.69 Å². The van der Waals surface area contributed by atoms with E-state index in [-0.39, 0.29) is 11.6 Å². The molecular weight excluding hydrogens is 240 g/mol. The number of hydrogen-bond donors (Lipinski definition) is 3. The predicted octanol–water partition coefficient (Wildman–Crippen LogP) is 1.40. The number of hydrogen-bond acceptors (Lipinski definition) is 3. The Morgan fingerprint density at radius 2 is 1.95 bits per heavy atom. The Hall–Kier alpha value is -1.85. The molecule has 1 aliphatic heterocycles. The van der Waals surface area contributed by atoms with Crippen LogP contribution in [0.1, 0.15) is 30.6 Å². The monoisotopic (exact) mass is 258 g/mol. The minimum Gasteiger partial charge on any atom is -0.295 e. The van der Waals surface area contributed by atoms with Crippen LogP contribution in [0.2, 0.25) is 0 Å². The number of aromatic amines is 1. The average molecular weight is 258 g/mol. The predicted molar refractivity (Wildman–Crippen MR) is 74.2 cm³/mol. The molecule has 2 atom stereocenters. The summed E-state index contributed by atoms with van der Waals surface area (Å²) >= 11 is 0. The maximum Gasteiger partial charge on any atom is 0.276 e. The molecule has 3 rings (SSSR count). The smallest absolute Gasteiger partial charge is 0.276 e. The third kappa shape index (κ3) is 2.11. The fourth-order valence-corrected chi connectivity index (χ4v) is 2.63. The zero-order chi connectivity index (χ0) is 13.4. The summed E-state index contributed by atoms with van der Waals surface area (Å²) in [6, 6.07) is 10.1. The molecule has 2 aromatic rings. The van der Waals surface area contributed by atoms with Crippen molar-refractivity contribution in [2.75, 3.05) is 0 Å². The zero-order valence-corrected chi connectivity index (χ0v) is 11.1. The van der Waals surface area contributed by atoms with Gasteiger partial charge >= 0.3 is 0 Å². The Bertz CT molecular complexity index is 629. The van der Waals surface area contributed by atoms with Crippen LogP contribution in [0.5, 0.6) is 0 Å². The summed E-state index contributed by atoms with van der Waals surface area (Å²) in [6.07, 6.45) is 0.919. The summed E-state index contributed by atoms with van der Waals surface area (Å²) in [5.74, 6) is 0. The van der Waals surface area contributed by atoms with Gasteiger partial charge in [-0.1, -0.05) is 18.2 Å². The molecule has 0 aliphatic carbocycles. The molecule has 0 amide bonds. The third-order valence-corrected chi connectivity index (χ3v) is 3.57. The summed E-state index contributed by atoms with van der Waals surface area (Å²) in [5.41, 5.74) is 8.97. The molecule has 1 fully saturated rings. The van der Waals surface area contributed by atoms with Crippen LogP contribution < -0.4 is 16.4 Å². The van der Waals surface area contributed by atoms with Gasteiger partial charge in [0.1, 0.15) is 0 Å². The Balaban J connectivity index is 2.04. The van der Waals surface area contributed by atoms with Crippen molar-refractivity contribution in [2.24, 2.45) is 0 Å². The van der Waals surface area contributed by atoms with Gasteiger partial charge in [-0.2, -0.15) is 0 Å². The lowest BCUT2D eigenvalue weighted by Crippen LogP contribution is -2.31. The van der Waals surface area contributed by atoms with E-state index in [0.29, 0.717) is 6.04 Å². The Morgan fingerprint density at radius 1 is 1.21 bits per heavy atom. The molecule has 100 valence electrons. The van der Waals surface area contributed by atoms with Crippen molar-refractivity contribution in [1.82, 2.24) is 20.6 Å². The van der Waals surface area contributed by atoms with Gasteiger partial charge in [-0.05, 0) is 32.4 Å². The van der Waals surface area contributed by atoms with Crippen LogP contribution in [0.4, 0.5) is 0 Å². The second-order valence-corrected chi connectivity index (χ2v) is 5.10. The van der Waals surface area contributed by atoms with Crippen molar-refractivity contribution >= 4 is 0 Å². The standard InChI is InChI=1S/C14H18N4O/c1-9-8-12(16-15-9)13-10(2)17-18(14(13)19)11-6-4-3-5-7-11/h3-7,9,12,15-17H,8H2,1-2H3. The van der Waals surface area contributed by atoms with Crippen molar-refractivity contribution in [3.63, 3.8) is 0 Å². The molecule has 1 saturated heterocycles. The molecule has 0 bridgehead atoms. The molecule has 3 N–H and O–H groups in total. The maximum absolute atomic E-state index is 12.5. The van der Waals surface area contributed by atoms with Crippen molar-refractivity contribution in [1.29, 1.82) is 0 Å². The normalized spacial score (nSPS) is 22.8. The highest BCUT2D eigenvalue weighted by molar-refractivity contribution is 5.33. The molecule has 0 spiro atoms. The highest BCUT2D eigenvalue weighted by Crippen LogP contribution is 2.22. The van der Waals surface area contributed by atoms with E-state index in [1.54, 1.807) is 4.68 Å². The minimum absolute atomic E-state index is 0.0251. The van der Waals surface area contributed by atoms with E-state index < -0.39 is 0 Å². The van der Waals surface area contributed by atoms with E-state index in [0.717, 1.165) is 23.4 Å². The second-order valence-electron chi connectivity index (χ2n) is 5.10. The van der Waals surface area contributed by atoms with Crippen LogP contribution in [0, 0.1) is 6.92 Å². The maximum atomic E-state index is 12.5. The highest BCUT2D eigenvalue weighted by atomic mass is 16.1. The van der Waals surface area contributed by atoms with Gasteiger partial charge < -0.3 is 0 Å². The molecular formula is C14H18N4O. The average Bonchev–Trinajstić information content (AvgIpc) is 2.95. The van der Waals surface area contributed by atoms with Gasteiger partial charge in [0.2, 0.25) is 0 Å². The summed E-state index contributed by atoms with van der Waals surface area (Å²) < 4.78 is 1.61. The van der Waals surface area contributed by atoms with Gasteiger partial charge in [-0.15, -0.1) is 0 Å². The van der Waals surface area contributed by atoms with Crippen LogP contribution in [-0.2, 0) is 0 Å². The van der Waals surface area contributed by atoms with E-state index in [9.17, 15) is 4.79 Å². The topological polar surface area (TPSA) is 61.9 Å². The number of para-hydroxylation sites is 1. The minimum atomic E-state index is 0.0251. The van der Waals surface area contributed by atoms with E-state index in [1.165, 1.54) is 0 Å². The number of rotatable bonds is 2. The molecule has 5 heteroatoms. The first-order valence-electron chi connectivity index (χ1n) is 6.55. The van der Waals surface area contributed by atoms with E-state index in [4.69, 9.17) is 0 Å². The van der Waals surface area contributed by atoms with E-state index >= 15 is 0 Å². The molecule has 1 aromatic carbocycles. The van der Waals surface area contributed by atoms with Gasteiger partial charge in [0, 0.05) is 11.7 Å². The Labute approximate surface area is 111 Å². The molecule has 5 nitrogen and oxygen atoms in total. The molecule has 19 heavy (non-hydrogen) atoms. The molecule has 1 aliphatic rings. The number of aromatic nitrogens is 2. The van der Waals surface area contributed by atoms with Crippen molar-refractivity contribution in [2.45, 2.75) is 32.4 Å². The first-order chi connectivity index (χ1) is 9.16. The largest absolute Gasteiger partial charge is 0.295 e. The SMILES string of the molecule is Cc1[nH]n(-c2ccccc2)c(=O)c1C1CC(C)NN1. The number of hydrazine groups is 1. The van der Waals surface area contributed by atoms with Crippen LogP contribution in [-0.4, -0.2) is 15.8 Å². The number of H-pyrrole nitrogens is 1. The number of nitrogens with zero attached hydrogens (tertiary/aromatic N) is 1. The molecule has 2 heterocycles. The zero-order valence-electron chi connectivity index (χ0n) is 11.1. The lowest BCUT2D eigenvalue weighted by Gasteiger charge is -2.06. The number of aryl methyl sites for hydroxylation is 1. The molecule has 2 unspecified atom stereocenters. The molecule has 0 radical (unpaired) electrons. The van der Waals surface area contributed by atoms with Crippen LogP contribution in [0.25, 0.3) is 5.69 Å². The highest BCUT2D eigenvalue weighted by Gasteiger charge is 2.27. The van der Waals surface area contributed by atoms with Crippen molar-refractivity contribution < 1.29 is 0 Å². The fraction of sp³-hybridized carbons (Fsp3) is 0.357. The summed E-state index contributed by atoms with van der Waals surface area (Å²) in [7, 11) is 0. The van der Waals surface area contributed by atoms with Crippen LogP contribution >= 0.6 is 0 Å². The summed E-state index contributed by atoms with van der Waals surface area (Å²) in [5, 5.41) is 3.16. The first-order valence-corrected chi connectivity index (χ1v) is 6.55.